The highest BCUT2D eigenvalue weighted by Gasteiger charge is 2.34. The van der Waals surface area contributed by atoms with E-state index in [4.69, 9.17) is 10.00 Å². The number of carbonyl (C=O) groups excluding carboxylic acids is 1. The van der Waals surface area contributed by atoms with Crippen molar-refractivity contribution in [2.75, 3.05) is 6.61 Å². The first-order chi connectivity index (χ1) is 9.34. The quantitative estimate of drug-likeness (QED) is 0.615. The minimum atomic E-state index is -4.96. The maximum atomic E-state index is 12.4. The molecule has 108 valence electrons. The Balaban J connectivity index is 3.41. The van der Waals surface area contributed by atoms with Crippen LogP contribution < -0.4 is 4.74 Å². The molecule has 0 amide bonds. The van der Waals surface area contributed by atoms with Crippen LogP contribution in [0.4, 0.5) is 13.2 Å². The summed E-state index contributed by atoms with van der Waals surface area (Å²) < 4.78 is 45.8. The van der Waals surface area contributed by atoms with E-state index < -0.39 is 18.1 Å². The maximum absolute atomic E-state index is 12.4. The predicted octanol–water partition coefficient (Wildman–Crippen LogP) is 3.53. The molecule has 0 aliphatic carbocycles. The van der Waals surface area contributed by atoms with Gasteiger partial charge in [-0.15, -0.1) is 13.2 Å². The van der Waals surface area contributed by atoms with Crippen molar-refractivity contribution in [3.63, 3.8) is 0 Å². The first kappa shape index (κ1) is 16.3. The third-order valence-electron chi connectivity index (χ3n) is 2.23. The summed E-state index contributed by atoms with van der Waals surface area (Å²) in [5.74, 6) is -1.47. The van der Waals surface area contributed by atoms with E-state index in [0.717, 1.165) is 6.07 Å². The molecule has 0 radical (unpaired) electrons. The number of alkyl halides is 4. The number of halogens is 4. The SMILES string of the molecule is CCOC(=O)c1ccc(C#N)c(OC(F)(F)F)c1CBr. The van der Waals surface area contributed by atoms with Gasteiger partial charge in [0, 0.05) is 10.9 Å². The van der Waals surface area contributed by atoms with Crippen LogP contribution in [0.1, 0.15) is 28.4 Å². The van der Waals surface area contributed by atoms with Crippen molar-refractivity contribution < 1.29 is 27.4 Å². The molecule has 20 heavy (non-hydrogen) atoms. The van der Waals surface area contributed by atoms with Gasteiger partial charge in [-0.25, -0.2) is 4.79 Å². The van der Waals surface area contributed by atoms with E-state index in [-0.39, 0.29) is 28.6 Å². The largest absolute Gasteiger partial charge is 0.573 e. The topological polar surface area (TPSA) is 59.3 Å². The zero-order chi connectivity index (χ0) is 15.3. The van der Waals surface area contributed by atoms with Crippen LogP contribution in [0.2, 0.25) is 0 Å². The Morgan fingerprint density at radius 3 is 2.55 bits per heavy atom. The maximum Gasteiger partial charge on any atom is 0.573 e. The summed E-state index contributed by atoms with van der Waals surface area (Å²) in [6.45, 7) is 1.65. The van der Waals surface area contributed by atoms with Crippen LogP contribution in [0, 0.1) is 11.3 Å². The number of carbonyl (C=O) groups is 1. The molecule has 0 aromatic heterocycles. The van der Waals surface area contributed by atoms with Gasteiger partial charge in [-0.3, -0.25) is 0 Å². The number of rotatable bonds is 4. The van der Waals surface area contributed by atoms with Crippen molar-refractivity contribution in [3.8, 4) is 11.8 Å². The van der Waals surface area contributed by atoms with Crippen molar-refractivity contribution in [1.82, 2.24) is 0 Å². The molecule has 8 heteroatoms. The molecule has 0 bridgehead atoms. The smallest absolute Gasteiger partial charge is 0.462 e. The highest BCUT2D eigenvalue weighted by Crippen LogP contribution is 2.34. The Morgan fingerprint density at radius 2 is 2.10 bits per heavy atom. The van der Waals surface area contributed by atoms with Crippen LogP contribution in [0.15, 0.2) is 12.1 Å². The first-order valence-corrected chi connectivity index (χ1v) is 6.51. The molecule has 0 saturated carbocycles. The Labute approximate surface area is 121 Å². The second-order valence-electron chi connectivity index (χ2n) is 3.48. The second kappa shape index (κ2) is 6.61. The fourth-order valence-corrected chi connectivity index (χ4v) is 2.04. The van der Waals surface area contributed by atoms with Gasteiger partial charge in [-0.1, -0.05) is 15.9 Å². The Bertz CT molecular complexity index is 552. The first-order valence-electron chi connectivity index (χ1n) is 5.38. The zero-order valence-electron chi connectivity index (χ0n) is 10.3. The molecule has 0 atom stereocenters. The molecule has 4 nitrogen and oxygen atoms in total. The van der Waals surface area contributed by atoms with Gasteiger partial charge in [0.1, 0.15) is 6.07 Å². The highest BCUT2D eigenvalue weighted by atomic mass is 79.9. The van der Waals surface area contributed by atoms with E-state index in [0.29, 0.717) is 0 Å². The number of hydrogen-bond acceptors (Lipinski definition) is 4. The van der Waals surface area contributed by atoms with Gasteiger partial charge >= 0.3 is 12.3 Å². The van der Waals surface area contributed by atoms with Gasteiger partial charge in [0.2, 0.25) is 0 Å². The average molecular weight is 352 g/mol. The Hall–Kier alpha value is -1.75. The average Bonchev–Trinajstić information content (AvgIpc) is 2.36. The summed E-state index contributed by atoms with van der Waals surface area (Å²) in [5, 5.41) is 8.74. The van der Waals surface area contributed by atoms with Gasteiger partial charge in [-0.2, -0.15) is 5.26 Å². The molecule has 0 spiro atoms. The fourth-order valence-electron chi connectivity index (χ4n) is 1.48. The van der Waals surface area contributed by atoms with Gasteiger partial charge in [-0.05, 0) is 19.1 Å². The van der Waals surface area contributed by atoms with Crippen molar-refractivity contribution in [3.05, 3.63) is 28.8 Å². The summed E-state index contributed by atoms with van der Waals surface area (Å²) in [4.78, 5) is 11.7. The van der Waals surface area contributed by atoms with Crippen LogP contribution in [0.25, 0.3) is 0 Å². The standard InChI is InChI=1S/C12H9BrF3NO3/c1-2-19-11(18)8-4-3-7(6-17)10(9(8)5-13)20-12(14,15)16/h3-4H,2,5H2,1H3. The lowest BCUT2D eigenvalue weighted by Crippen LogP contribution is -2.20. The van der Waals surface area contributed by atoms with Crippen LogP contribution in [0.5, 0.6) is 5.75 Å². The Morgan fingerprint density at radius 1 is 1.45 bits per heavy atom. The summed E-state index contributed by atoms with van der Waals surface area (Å²) >= 11 is 2.98. The molecule has 0 fully saturated rings. The molecular weight excluding hydrogens is 343 g/mol. The van der Waals surface area contributed by atoms with Crippen LogP contribution >= 0.6 is 15.9 Å². The number of ether oxygens (including phenoxy) is 2. The lowest BCUT2D eigenvalue weighted by atomic mass is 10.0. The van der Waals surface area contributed by atoms with Crippen LogP contribution in [-0.2, 0) is 10.1 Å². The second-order valence-corrected chi connectivity index (χ2v) is 4.04. The van der Waals surface area contributed by atoms with Crippen molar-refractivity contribution in [2.24, 2.45) is 0 Å². The monoisotopic (exact) mass is 351 g/mol. The number of benzene rings is 1. The number of nitrogens with zero attached hydrogens (tertiary/aromatic N) is 1. The minimum Gasteiger partial charge on any atom is -0.462 e. The van der Waals surface area contributed by atoms with E-state index in [1.165, 1.54) is 6.07 Å². The molecule has 1 rings (SSSR count). The molecule has 0 saturated heterocycles. The van der Waals surface area contributed by atoms with E-state index in [1.54, 1.807) is 13.0 Å². The summed E-state index contributed by atoms with van der Waals surface area (Å²) in [5.41, 5.74) is -0.480. The summed E-state index contributed by atoms with van der Waals surface area (Å²) in [6, 6.07) is 3.91. The van der Waals surface area contributed by atoms with Gasteiger partial charge < -0.3 is 9.47 Å². The van der Waals surface area contributed by atoms with Crippen molar-refractivity contribution in [1.29, 1.82) is 5.26 Å². The van der Waals surface area contributed by atoms with E-state index in [2.05, 4.69) is 20.7 Å². The fraction of sp³-hybridized carbons (Fsp3) is 0.333. The lowest BCUT2D eigenvalue weighted by molar-refractivity contribution is -0.275. The van der Waals surface area contributed by atoms with Gasteiger partial charge in [0.05, 0.1) is 17.7 Å². The number of nitriles is 1. The van der Waals surface area contributed by atoms with Gasteiger partial charge in [0.15, 0.2) is 5.75 Å². The molecule has 0 aliphatic rings. The van der Waals surface area contributed by atoms with E-state index >= 15 is 0 Å². The molecule has 0 aliphatic heterocycles. The molecular formula is C12H9BrF3NO3. The lowest BCUT2D eigenvalue weighted by Gasteiger charge is -2.16. The third kappa shape index (κ3) is 3.87. The van der Waals surface area contributed by atoms with E-state index in [1.807, 2.05) is 0 Å². The van der Waals surface area contributed by atoms with Gasteiger partial charge in [0.25, 0.3) is 0 Å². The van der Waals surface area contributed by atoms with Crippen molar-refractivity contribution in [2.45, 2.75) is 18.6 Å². The molecule has 1 aromatic rings. The van der Waals surface area contributed by atoms with E-state index in [9.17, 15) is 18.0 Å². The number of hydrogen-bond donors (Lipinski definition) is 0. The predicted molar refractivity (Wildman–Crippen MR) is 66.4 cm³/mol. The molecule has 0 heterocycles. The minimum absolute atomic E-state index is 0.0794. The molecule has 1 aromatic carbocycles. The van der Waals surface area contributed by atoms with Crippen LogP contribution in [0.3, 0.4) is 0 Å². The van der Waals surface area contributed by atoms with Crippen molar-refractivity contribution >= 4 is 21.9 Å². The third-order valence-corrected chi connectivity index (χ3v) is 2.79. The normalized spacial score (nSPS) is 10.8. The zero-order valence-corrected chi connectivity index (χ0v) is 11.8. The Kier molecular flexibility index (Phi) is 5.39. The van der Waals surface area contributed by atoms with Crippen LogP contribution in [-0.4, -0.2) is 18.9 Å². The summed E-state index contributed by atoms with van der Waals surface area (Å²) in [7, 11) is 0. The molecule has 0 N–H and O–H groups in total. The highest BCUT2D eigenvalue weighted by molar-refractivity contribution is 9.08. The number of esters is 1. The summed E-state index contributed by atoms with van der Waals surface area (Å²) in [6.07, 6.45) is -4.96. The molecule has 0 unspecified atom stereocenters.